The number of carbonyl (C=O) groups is 2. The fraction of sp³-hybridized carbons (Fsp3) is 0.472. The summed E-state index contributed by atoms with van der Waals surface area (Å²) < 4.78 is 118. The summed E-state index contributed by atoms with van der Waals surface area (Å²) in [5.74, 6) is -7.05. The molecule has 1 aromatic heterocycles. The number of hydrogen-bond acceptors (Lipinski definition) is 4. The minimum Gasteiger partial charge on any atom is -0.481 e. The van der Waals surface area contributed by atoms with Gasteiger partial charge in [-0.1, -0.05) is 32.0 Å². The maximum atomic E-state index is 16.4. The van der Waals surface area contributed by atoms with Gasteiger partial charge >= 0.3 is 18.3 Å². The SMILES string of the molecule is Cc1cccc(C)c1-c1cc(C(F)(F)F)c(F)c([C@H](CC(=O)O)NC(=O)C(CC(C)C)n2cc(CCCN3CCC3)c(C(F)(F)F)cc2=O)c1F. The summed E-state index contributed by atoms with van der Waals surface area (Å²) in [4.78, 5) is 41.2. The number of nitrogens with one attached hydrogen (secondary N) is 1. The number of aromatic nitrogens is 1. The van der Waals surface area contributed by atoms with E-state index in [1.807, 2.05) is 4.90 Å². The highest BCUT2D eigenvalue weighted by atomic mass is 19.4. The van der Waals surface area contributed by atoms with Crippen LogP contribution in [0.4, 0.5) is 35.1 Å². The molecule has 2 aromatic carbocycles. The second-order valence-electron chi connectivity index (χ2n) is 13.3. The summed E-state index contributed by atoms with van der Waals surface area (Å²) in [7, 11) is 0. The third kappa shape index (κ3) is 9.16. The summed E-state index contributed by atoms with van der Waals surface area (Å²) in [6.45, 7) is 8.35. The number of benzene rings is 2. The monoisotopic (exact) mass is 729 g/mol. The number of hydrogen-bond donors (Lipinski definition) is 2. The Morgan fingerprint density at radius 2 is 1.55 bits per heavy atom. The Bertz CT molecular complexity index is 1810. The van der Waals surface area contributed by atoms with E-state index in [4.69, 9.17) is 0 Å². The van der Waals surface area contributed by atoms with Crippen LogP contribution in [-0.4, -0.2) is 46.1 Å². The molecular formula is C36H39F8N3O4. The first-order valence-electron chi connectivity index (χ1n) is 16.4. The Morgan fingerprint density at radius 1 is 0.941 bits per heavy atom. The zero-order valence-corrected chi connectivity index (χ0v) is 28.4. The Labute approximate surface area is 289 Å². The van der Waals surface area contributed by atoms with E-state index < -0.39 is 88.1 Å². The smallest absolute Gasteiger partial charge is 0.419 e. The van der Waals surface area contributed by atoms with Crippen molar-refractivity contribution >= 4 is 11.9 Å². The van der Waals surface area contributed by atoms with Crippen molar-refractivity contribution in [2.75, 3.05) is 19.6 Å². The van der Waals surface area contributed by atoms with Crippen LogP contribution < -0.4 is 10.9 Å². The lowest BCUT2D eigenvalue weighted by molar-refractivity contribution is -0.140. The molecule has 1 fully saturated rings. The van der Waals surface area contributed by atoms with E-state index >= 15 is 8.78 Å². The second-order valence-corrected chi connectivity index (χ2v) is 13.3. The van der Waals surface area contributed by atoms with Crippen molar-refractivity contribution in [2.24, 2.45) is 5.92 Å². The molecule has 3 aromatic rings. The van der Waals surface area contributed by atoms with Gasteiger partial charge in [0.05, 0.1) is 23.6 Å². The molecule has 2 atom stereocenters. The molecule has 1 saturated heterocycles. The number of likely N-dealkylation sites (tertiary alicyclic amines) is 1. The molecule has 1 unspecified atom stereocenters. The second kappa shape index (κ2) is 15.5. The van der Waals surface area contributed by atoms with E-state index in [1.54, 1.807) is 19.9 Å². The van der Waals surface area contributed by atoms with Gasteiger partial charge in [0.25, 0.3) is 5.56 Å². The quantitative estimate of drug-likeness (QED) is 0.174. The molecule has 1 aliphatic heterocycles. The average molecular weight is 730 g/mol. The van der Waals surface area contributed by atoms with Crippen molar-refractivity contribution in [3.05, 3.63) is 91.9 Å². The van der Waals surface area contributed by atoms with Crippen LogP contribution in [0.2, 0.25) is 0 Å². The molecule has 0 saturated carbocycles. The van der Waals surface area contributed by atoms with Gasteiger partial charge in [-0.3, -0.25) is 14.4 Å². The molecule has 278 valence electrons. The van der Waals surface area contributed by atoms with E-state index in [0.29, 0.717) is 30.2 Å². The molecule has 0 aliphatic carbocycles. The molecule has 1 amide bonds. The molecule has 15 heteroatoms. The van der Waals surface area contributed by atoms with Gasteiger partial charge in [-0.15, -0.1) is 0 Å². The van der Waals surface area contributed by atoms with Crippen molar-refractivity contribution in [2.45, 2.75) is 84.2 Å². The minimum absolute atomic E-state index is 0.00206. The molecule has 0 radical (unpaired) electrons. The third-order valence-corrected chi connectivity index (χ3v) is 9.00. The van der Waals surface area contributed by atoms with Gasteiger partial charge in [-0.2, -0.15) is 26.3 Å². The Kier molecular flexibility index (Phi) is 12.0. The van der Waals surface area contributed by atoms with Crippen molar-refractivity contribution in [3.8, 4) is 11.1 Å². The van der Waals surface area contributed by atoms with Crippen molar-refractivity contribution in [3.63, 3.8) is 0 Å². The lowest BCUT2D eigenvalue weighted by Gasteiger charge is -2.30. The van der Waals surface area contributed by atoms with Crippen molar-refractivity contribution < 1.29 is 49.8 Å². The maximum absolute atomic E-state index is 16.4. The molecule has 1 aliphatic rings. The normalized spacial score (nSPS) is 15.1. The van der Waals surface area contributed by atoms with E-state index in [9.17, 15) is 45.8 Å². The van der Waals surface area contributed by atoms with Gasteiger partial charge in [-0.25, -0.2) is 8.78 Å². The molecule has 2 N–H and O–H groups in total. The van der Waals surface area contributed by atoms with Gasteiger partial charge in [0.15, 0.2) is 0 Å². The van der Waals surface area contributed by atoms with E-state index in [2.05, 4.69) is 5.32 Å². The number of carboxylic acid groups (broad SMARTS) is 1. The van der Waals surface area contributed by atoms with Crippen LogP contribution in [0.15, 0.2) is 41.3 Å². The predicted molar refractivity (Wildman–Crippen MR) is 173 cm³/mol. The van der Waals surface area contributed by atoms with Crippen LogP contribution in [-0.2, 0) is 28.4 Å². The molecule has 51 heavy (non-hydrogen) atoms. The molecule has 0 bridgehead atoms. The fourth-order valence-corrected chi connectivity index (χ4v) is 6.45. The number of pyridine rings is 1. The Morgan fingerprint density at radius 3 is 2.06 bits per heavy atom. The largest absolute Gasteiger partial charge is 0.481 e. The molecule has 7 nitrogen and oxygen atoms in total. The predicted octanol–water partition coefficient (Wildman–Crippen LogP) is 8.01. The number of amides is 1. The zero-order valence-electron chi connectivity index (χ0n) is 28.4. The first-order chi connectivity index (χ1) is 23.7. The Balaban J connectivity index is 1.85. The molecule has 0 spiro atoms. The van der Waals surface area contributed by atoms with Crippen LogP contribution in [0.25, 0.3) is 11.1 Å². The van der Waals surface area contributed by atoms with Crippen LogP contribution in [0.3, 0.4) is 0 Å². The summed E-state index contributed by atoms with van der Waals surface area (Å²) in [6.07, 6.45) is -9.67. The highest BCUT2D eigenvalue weighted by Gasteiger charge is 2.41. The topological polar surface area (TPSA) is 91.6 Å². The number of carbonyl (C=O) groups excluding carboxylic acids is 1. The average Bonchev–Trinajstić information content (AvgIpc) is 2.97. The number of nitrogens with zero attached hydrogens (tertiary/aromatic N) is 2. The number of aliphatic carboxylic acids is 1. The Hall–Kier alpha value is -4.27. The lowest BCUT2D eigenvalue weighted by atomic mass is 9.89. The maximum Gasteiger partial charge on any atom is 0.419 e. The fourth-order valence-electron chi connectivity index (χ4n) is 6.45. The number of halogens is 8. The molecular weight excluding hydrogens is 690 g/mol. The summed E-state index contributed by atoms with van der Waals surface area (Å²) in [5, 5.41) is 11.8. The first-order valence-corrected chi connectivity index (χ1v) is 16.4. The summed E-state index contributed by atoms with van der Waals surface area (Å²) >= 11 is 0. The summed E-state index contributed by atoms with van der Waals surface area (Å²) in [5.41, 5.74) is -5.98. The van der Waals surface area contributed by atoms with Crippen molar-refractivity contribution in [1.82, 2.24) is 14.8 Å². The summed E-state index contributed by atoms with van der Waals surface area (Å²) in [6, 6.07) is 1.35. The zero-order chi connectivity index (χ0) is 38.0. The molecule has 4 rings (SSSR count). The third-order valence-electron chi connectivity index (χ3n) is 9.00. The van der Waals surface area contributed by atoms with Gasteiger partial charge in [0.2, 0.25) is 5.91 Å². The standard InChI is InChI=1S/C36H39F8N3O4/c1-19(2)14-27(47-18-22(10-6-11-46-12-7-13-46)24(16-28(47)48)35(39,40)41)34(51)45-26(17-29(49)50)31-32(37)23(15-25(33(31)38)36(42,43)44)30-20(3)8-5-9-21(30)4/h5,8-9,15-16,18-19,26-27H,6-7,10-14,17H2,1-4H3,(H,45,51)(H,49,50)/t26-,27?/m0/s1. The van der Waals surface area contributed by atoms with E-state index in [1.165, 1.54) is 26.0 Å². The van der Waals surface area contributed by atoms with Crippen LogP contribution in [0.5, 0.6) is 0 Å². The number of aryl methyl sites for hydroxylation is 3. The van der Waals surface area contributed by atoms with E-state index in [0.717, 1.165) is 30.3 Å². The highest BCUT2D eigenvalue weighted by Crippen LogP contribution is 2.42. The number of alkyl halides is 6. The van der Waals surface area contributed by atoms with Crippen LogP contribution in [0.1, 0.15) is 85.0 Å². The lowest BCUT2D eigenvalue weighted by Crippen LogP contribution is -2.41. The van der Waals surface area contributed by atoms with Gasteiger partial charge in [-0.05, 0) is 93.4 Å². The van der Waals surface area contributed by atoms with Crippen molar-refractivity contribution in [1.29, 1.82) is 0 Å². The van der Waals surface area contributed by atoms with Gasteiger partial charge in [0.1, 0.15) is 17.7 Å². The van der Waals surface area contributed by atoms with Crippen LogP contribution >= 0.6 is 0 Å². The highest BCUT2D eigenvalue weighted by molar-refractivity contribution is 5.82. The van der Waals surface area contributed by atoms with Gasteiger partial charge < -0.3 is 19.9 Å². The van der Waals surface area contributed by atoms with E-state index in [-0.39, 0.29) is 30.0 Å². The number of carboxylic acids is 1. The van der Waals surface area contributed by atoms with Gasteiger partial charge in [0, 0.05) is 23.4 Å². The molecule has 2 heterocycles. The first kappa shape index (κ1) is 39.5. The minimum atomic E-state index is -5.37. The number of rotatable bonds is 13. The van der Waals surface area contributed by atoms with Crippen LogP contribution in [0, 0.1) is 31.4 Å².